The van der Waals surface area contributed by atoms with Crippen LogP contribution in [-0.4, -0.2) is 19.1 Å². The van der Waals surface area contributed by atoms with E-state index in [1.807, 2.05) is 30.3 Å². The number of nitriles is 1. The molecular weight excluding hydrogens is 276 g/mol. The van der Waals surface area contributed by atoms with Crippen LogP contribution in [-0.2, 0) is 4.79 Å². The molecule has 0 spiro atoms. The minimum atomic E-state index is -0.280. The highest BCUT2D eigenvalue weighted by molar-refractivity contribution is 6.01. The Bertz CT molecular complexity index is 584. The molecule has 0 saturated heterocycles. The number of methoxy groups -OCH3 is 1. The van der Waals surface area contributed by atoms with Gasteiger partial charge < -0.3 is 10.1 Å². The fourth-order valence-electron chi connectivity index (χ4n) is 2.79. The van der Waals surface area contributed by atoms with E-state index in [1.54, 1.807) is 13.2 Å². The molecule has 1 aromatic rings. The second-order valence-corrected chi connectivity index (χ2v) is 5.78. The van der Waals surface area contributed by atoms with Crippen LogP contribution in [0.15, 0.2) is 29.8 Å². The van der Waals surface area contributed by atoms with Crippen LogP contribution in [0, 0.1) is 17.2 Å². The Morgan fingerprint density at radius 2 is 2.00 bits per heavy atom. The van der Waals surface area contributed by atoms with Gasteiger partial charge in [-0.15, -0.1) is 0 Å². The summed E-state index contributed by atoms with van der Waals surface area (Å²) >= 11 is 0. The Morgan fingerprint density at radius 3 is 2.59 bits per heavy atom. The molecule has 1 N–H and O–H groups in total. The summed E-state index contributed by atoms with van der Waals surface area (Å²) in [6, 6.07) is 9.44. The number of hydrogen-bond acceptors (Lipinski definition) is 3. The van der Waals surface area contributed by atoms with Crippen molar-refractivity contribution in [2.24, 2.45) is 5.92 Å². The van der Waals surface area contributed by atoms with Crippen LogP contribution in [0.25, 0.3) is 6.08 Å². The molecule has 116 valence electrons. The summed E-state index contributed by atoms with van der Waals surface area (Å²) in [6.45, 7) is 2.16. The average molecular weight is 298 g/mol. The molecule has 1 aliphatic rings. The van der Waals surface area contributed by atoms with E-state index in [2.05, 4.69) is 12.2 Å². The van der Waals surface area contributed by atoms with E-state index in [-0.39, 0.29) is 17.5 Å². The largest absolute Gasteiger partial charge is 0.497 e. The standard InChI is InChI=1S/C18H22N2O2/c1-13-5-3-4-6-17(13)20-18(21)15(12-19)11-14-7-9-16(22-2)10-8-14/h7-11,13,17H,3-6H2,1-2H3,(H,20,21)/b15-11+/t13-,17+/m1/s1. The van der Waals surface area contributed by atoms with E-state index in [9.17, 15) is 10.1 Å². The van der Waals surface area contributed by atoms with Crippen molar-refractivity contribution < 1.29 is 9.53 Å². The smallest absolute Gasteiger partial charge is 0.262 e. The van der Waals surface area contributed by atoms with E-state index < -0.39 is 0 Å². The predicted octanol–water partition coefficient (Wildman–Crippen LogP) is 3.30. The molecule has 4 heteroatoms. The third kappa shape index (κ3) is 4.11. The summed E-state index contributed by atoms with van der Waals surface area (Å²) in [4.78, 5) is 12.3. The molecule has 1 amide bonds. The maximum absolute atomic E-state index is 12.3. The van der Waals surface area contributed by atoms with Gasteiger partial charge in [0.1, 0.15) is 17.4 Å². The average Bonchev–Trinajstić information content (AvgIpc) is 2.55. The number of benzene rings is 1. The van der Waals surface area contributed by atoms with E-state index in [0.29, 0.717) is 5.92 Å². The Balaban J connectivity index is 2.07. The van der Waals surface area contributed by atoms with Crippen LogP contribution in [0.1, 0.15) is 38.2 Å². The zero-order valence-corrected chi connectivity index (χ0v) is 13.1. The summed E-state index contributed by atoms with van der Waals surface area (Å²) in [6.07, 6.45) is 6.10. The minimum Gasteiger partial charge on any atom is -0.497 e. The van der Waals surface area contributed by atoms with E-state index in [1.165, 1.54) is 6.42 Å². The fourth-order valence-corrected chi connectivity index (χ4v) is 2.79. The molecule has 1 fully saturated rings. The first-order chi connectivity index (χ1) is 10.6. The van der Waals surface area contributed by atoms with Gasteiger partial charge in [0.25, 0.3) is 5.91 Å². The zero-order valence-electron chi connectivity index (χ0n) is 13.1. The van der Waals surface area contributed by atoms with Crippen LogP contribution in [0.4, 0.5) is 0 Å². The molecule has 0 bridgehead atoms. The number of ether oxygens (including phenoxy) is 1. The second-order valence-electron chi connectivity index (χ2n) is 5.78. The van der Waals surface area contributed by atoms with Gasteiger partial charge in [-0.3, -0.25) is 4.79 Å². The first-order valence-corrected chi connectivity index (χ1v) is 7.70. The van der Waals surface area contributed by atoms with Crippen molar-refractivity contribution in [3.8, 4) is 11.8 Å². The molecule has 2 rings (SSSR count). The quantitative estimate of drug-likeness (QED) is 0.685. The first kappa shape index (κ1) is 16.1. The van der Waals surface area contributed by atoms with Crippen LogP contribution in [0.3, 0.4) is 0 Å². The number of carbonyl (C=O) groups excluding carboxylic acids is 1. The molecular formula is C18H22N2O2. The van der Waals surface area contributed by atoms with Crippen molar-refractivity contribution >= 4 is 12.0 Å². The molecule has 2 atom stereocenters. The summed E-state index contributed by atoms with van der Waals surface area (Å²) < 4.78 is 5.10. The fraction of sp³-hybridized carbons (Fsp3) is 0.444. The van der Waals surface area contributed by atoms with Gasteiger partial charge >= 0.3 is 0 Å². The molecule has 0 aliphatic heterocycles. The SMILES string of the molecule is COc1ccc(/C=C(\C#N)C(=O)N[C@H]2CCCC[C@H]2C)cc1. The van der Waals surface area contributed by atoms with Crippen molar-refractivity contribution in [1.82, 2.24) is 5.32 Å². The molecule has 0 heterocycles. The predicted molar refractivity (Wildman–Crippen MR) is 86.1 cm³/mol. The van der Waals surface area contributed by atoms with E-state index >= 15 is 0 Å². The number of carbonyl (C=O) groups is 1. The second kappa shape index (κ2) is 7.65. The summed E-state index contributed by atoms with van der Waals surface area (Å²) in [7, 11) is 1.60. The molecule has 22 heavy (non-hydrogen) atoms. The van der Waals surface area contributed by atoms with Crippen molar-refractivity contribution in [1.29, 1.82) is 5.26 Å². The normalized spacial score (nSPS) is 21.8. The number of amides is 1. The van der Waals surface area contributed by atoms with Crippen LogP contribution in [0.5, 0.6) is 5.75 Å². The maximum atomic E-state index is 12.3. The molecule has 1 aromatic carbocycles. The molecule has 1 aliphatic carbocycles. The van der Waals surface area contributed by atoms with Gasteiger partial charge in [-0.25, -0.2) is 0 Å². The molecule has 0 radical (unpaired) electrons. The monoisotopic (exact) mass is 298 g/mol. The molecule has 1 saturated carbocycles. The van der Waals surface area contributed by atoms with Gasteiger partial charge in [0.15, 0.2) is 0 Å². The number of nitrogens with zero attached hydrogens (tertiary/aromatic N) is 1. The minimum absolute atomic E-state index is 0.142. The summed E-state index contributed by atoms with van der Waals surface area (Å²) in [5.41, 5.74) is 0.951. The van der Waals surface area contributed by atoms with Gasteiger partial charge in [-0.2, -0.15) is 5.26 Å². The van der Waals surface area contributed by atoms with Crippen molar-refractivity contribution in [3.63, 3.8) is 0 Å². The lowest BCUT2D eigenvalue weighted by Crippen LogP contribution is -2.41. The lowest BCUT2D eigenvalue weighted by molar-refractivity contribution is -0.118. The Morgan fingerprint density at radius 1 is 1.32 bits per heavy atom. The highest BCUT2D eigenvalue weighted by atomic mass is 16.5. The summed E-state index contributed by atoms with van der Waals surface area (Å²) in [5, 5.41) is 12.3. The van der Waals surface area contributed by atoms with Gasteiger partial charge in [0.2, 0.25) is 0 Å². The lowest BCUT2D eigenvalue weighted by atomic mass is 9.86. The maximum Gasteiger partial charge on any atom is 0.262 e. The van der Waals surface area contributed by atoms with Crippen LogP contribution < -0.4 is 10.1 Å². The van der Waals surface area contributed by atoms with E-state index in [0.717, 1.165) is 30.6 Å². The Hall–Kier alpha value is -2.28. The van der Waals surface area contributed by atoms with Crippen LogP contribution >= 0.6 is 0 Å². The van der Waals surface area contributed by atoms with Crippen LogP contribution in [0.2, 0.25) is 0 Å². The zero-order chi connectivity index (χ0) is 15.9. The van der Waals surface area contributed by atoms with Crippen molar-refractivity contribution in [2.75, 3.05) is 7.11 Å². The molecule has 0 aromatic heterocycles. The highest BCUT2D eigenvalue weighted by Gasteiger charge is 2.23. The van der Waals surface area contributed by atoms with Gasteiger partial charge in [0, 0.05) is 6.04 Å². The van der Waals surface area contributed by atoms with E-state index in [4.69, 9.17) is 4.74 Å². The topological polar surface area (TPSA) is 62.1 Å². The number of rotatable bonds is 4. The van der Waals surface area contributed by atoms with Gasteiger partial charge in [-0.1, -0.05) is 31.9 Å². The third-order valence-corrected chi connectivity index (χ3v) is 4.22. The Kier molecular flexibility index (Phi) is 5.60. The lowest BCUT2D eigenvalue weighted by Gasteiger charge is -2.29. The highest BCUT2D eigenvalue weighted by Crippen LogP contribution is 2.24. The number of hydrogen-bond donors (Lipinski definition) is 1. The van der Waals surface area contributed by atoms with Gasteiger partial charge in [0.05, 0.1) is 7.11 Å². The molecule has 0 unspecified atom stereocenters. The summed E-state index contributed by atoms with van der Waals surface area (Å²) in [5.74, 6) is 0.937. The Labute approximate surface area is 131 Å². The number of nitrogens with one attached hydrogen (secondary N) is 1. The van der Waals surface area contributed by atoms with Crippen molar-refractivity contribution in [3.05, 3.63) is 35.4 Å². The van der Waals surface area contributed by atoms with Crippen molar-refractivity contribution in [2.45, 2.75) is 38.6 Å². The van der Waals surface area contributed by atoms with Gasteiger partial charge in [-0.05, 0) is 42.5 Å². The first-order valence-electron chi connectivity index (χ1n) is 7.70. The molecule has 4 nitrogen and oxygen atoms in total. The third-order valence-electron chi connectivity index (χ3n) is 4.22.